The van der Waals surface area contributed by atoms with E-state index in [2.05, 4.69) is 43.8 Å². The highest BCUT2D eigenvalue weighted by atomic mass is 79.9. The van der Waals surface area contributed by atoms with Gasteiger partial charge in [-0.05, 0) is 50.8 Å². The summed E-state index contributed by atoms with van der Waals surface area (Å²) < 4.78 is 6.62. The predicted octanol–water partition coefficient (Wildman–Crippen LogP) is 3.58. The zero-order chi connectivity index (χ0) is 15.8. The van der Waals surface area contributed by atoms with Crippen molar-refractivity contribution in [1.29, 1.82) is 0 Å². The van der Waals surface area contributed by atoms with Gasteiger partial charge in [-0.1, -0.05) is 6.58 Å². The van der Waals surface area contributed by atoms with Gasteiger partial charge in [0, 0.05) is 18.7 Å². The molecular formula is C13H14Br2N2O4. The van der Waals surface area contributed by atoms with Crippen LogP contribution in [0.3, 0.4) is 0 Å². The molecule has 0 fully saturated rings. The van der Waals surface area contributed by atoms with Gasteiger partial charge >= 0.3 is 0 Å². The number of hydrogen-bond donors (Lipinski definition) is 1. The summed E-state index contributed by atoms with van der Waals surface area (Å²) in [7, 11) is 0. The monoisotopic (exact) mass is 420 g/mol. The molecule has 1 N–H and O–H groups in total. The number of nitrogens with one attached hydrogen (secondary N) is 1. The number of ether oxygens (including phenoxy) is 1. The number of carbonyl (C=O) groups is 1. The normalized spacial score (nSPS) is 10.0. The molecule has 1 aromatic rings. The number of nitrogens with zero attached hydrogens (tertiary/aromatic N) is 1. The van der Waals surface area contributed by atoms with Gasteiger partial charge in [0.15, 0.2) is 0 Å². The number of nitro groups is 1. The van der Waals surface area contributed by atoms with E-state index in [1.807, 2.05) is 0 Å². The Bertz CT molecular complexity index is 526. The van der Waals surface area contributed by atoms with Gasteiger partial charge in [-0.3, -0.25) is 14.9 Å². The fourth-order valence-corrected chi connectivity index (χ4v) is 2.87. The molecule has 0 spiro atoms. The van der Waals surface area contributed by atoms with Crippen LogP contribution in [0.2, 0.25) is 0 Å². The number of rotatable bonds is 8. The molecule has 0 unspecified atom stereocenters. The van der Waals surface area contributed by atoms with Crippen LogP contribution < -0.4 is 10.1 Å². The van der Waals surface area contributed by atoms with Gasteiger partial charge in [-0.15, -0.1) is 0 Å². The van der Waals surface area contributed by atoms with Gasteiger partial charge < -0.3 is 10.1 Å². The fraction of sp³-hybridized carbons (Fsp3) is 0.308. The summed E-state index contributed by atoms with van der Waals surface area (Å²) in [4.78, 5) is 21.2. The molecule has 0 aliphatic rings. The summed E-state index contributed by atoms with van der Waals surface area (Å²) in [5.41, 5.74) is -0.0202. The maximum atomic E-state index is 10.9. The lowest BCUT2D eigenvalue weighted by atomic mass is 10.3. The van der Waals surface area contributed by atoms with Crippen molar-refractivity contribution in [3.8, 4) is 5.75 Å². The number of nitro benzene ring substituents is 1. The minimum atomic E-state index is -0.471. The van der Waals surface area contributed by atoms with Crippen LogP contribution in [0.1, 0.15) is 12.8 Å². The van der Waals surface area contributed by atoms with E-state index in [0.29, 0.717) is 27.8 Å². The third kappa shape index (κ3) is 5.84. The first kappa shape index (κ1) is 17.6. The molecule has 8 heteroatoms. The highest BCUT2D eigenvalue weighted by Gasteiger charge is 2.14. The summed E-state index contributed by atoms with van der Waals surface area (Å²) >= 11 is 6.50. The lowest BCUT2D eigenvalue weighted by Crippen LogP contribution is -2.22. The van der Waals surface area contributed by atoms with Crippen molar-refractivity contribution in [1.82, 2.24) is 5.32 Å². The average molecular weight is 422 g/mol. The number of carbonyl (C=O) groups excluding carboxylic acids is 1. The van der Waals surface area contributed by atoms with Crippen LogP contribution in [-0.2, 0) is 4.79 Å². The fourth-order valence-electron chi connectivity index (χ4n) is 1.47. The van der Waals surface area contributed by atoms with E-state index in [9.17, 15) is 14.9 Å². The lowest BCUT2D eigenvalue weighted by molar-refractivity contribution is -0.385. The van der Waals surface area contributed by atoms with Crippen molar-refractivity contribution < 1.29 is 14.5 Å². The topological polar surface area (TPSA) is 81.5 Å². The maximum absolute atomic E-state index is 10.9. The van der Waals surface area contributed by atoms with Crippen LogP contribution in [0.15, 0.2) is 33.7 Å². The number of halogens is 2. The van der Waals surface area contributed by atoms with E-state index in [-0.39, 0.29) is 11.6 Å². The van der Waals surface area contributed by atoms with Gasteiger partial charge in [0.2, 0.25) is 5.91 Å². The van der Waals surface area contributed by atoms with E-state index in [1.165, 1.54) is 18.2 Å². The van der Waals surface area contributed by atoms with Crippen molar-refractivity contribution in [2.24, 2.45) is 0 Å². The third-order valence-corrected chi connectivity index (χ3v) is 3.67. The van der Waals surface area contributed by atoms with Crippen LogP contribution in [-0.4, -0.2) is 24.0 Å². The highest BCUT2D eigenvalue weighted by Crippen LogP contribution is 2.37. The van der Waals surface area contributed by atoms with Gasteiger partial charge in [-0.2, -0.15) is 0 Å². The van der Waals surface area contributed by atoms with E-state index in [0.717, 1.165) is 12.8 Å². The van der Waals surface area contributed by atoms with Crippen LogP contribution in [0, 0.1) is 10.1 Å². The van der Waals surface area contributed by atoms with Gasteiger partial charge in [-0.25, -0.2) is 0 Å². The number of unbranched alkanes of at least 4 members (excludes halogenated alkanes) is 1. The Balaban J connectivity index is 2.44. The maximum Gasteiger partial charge on any atom is 0.271 e. The number of benzene rings is 1. The van der Waals surface area contributed by atoms with Gasteiger partial charge in [0.05, 0.1) is 20.5 Å². The molecule has 0 aromatic heterocycles. The predicted molar refractivity (Wildman–Crippen MR) is 86.4 cm³/mol. The molecule has 0 atom stereocenters. The van der Waals surface area contributed by atoms with Gasteiger partial charge in [0.1, 0.15) is 5.75 Å². The Hall–Kier alpha value is -1.41. The summed E-state index contributed by atoms with van der Waals surface area (Å²) in [6, 6.07) is 2.79. The number of amides is 1. The van der Waals surface area contributed by atoms with Crippen LogP contribution in [0.5, 0.6) is 5.75 Å². The van der Waals surface area contributed by atoms with Crippen molar-refractivity contribution >= 4 is 43.5 Å². The largest absolute Gasteiger partial charge is 0.491 e. The Morgan fingerprint density at radius 1 is 1.38 bits per heavy atom. The summed E-state index contributed by atoms with van der Waals surface area (Å²) in [6.45, 7) is 4.35. The average Bonchev–Trinajstić information content (AvgIpc) is 2.44. The minimum absolute atomic E-state index is 0.0202. The molecule has 0 saturated carbocycles. The molecule has 0 saturated heterocycles. The second-order valence-electron chi connectivity index (χ2n) is 4.05. The second kappa shape index (κ2) is 8.78. The smallest absolute Gasteiger partial charge is 0.271 e. The van der Waals surface area contributed by atoms with Crippen molar-refractivity contribution in [2.75, 3.05) is 13.2 Å². The summed E-state index contributed by atoms with van der Waals surface area (Å²) in [5, 5.41) is 13.4. The van der Waals surface area contributed by atoms with E-state index < -0.39 is 4.92 Å². The standard InChI is InChI=1S/C13H14Br2N2O4/c1-2-12(18)16-5-3-4-6-21-13-10(14)7-9(17(19)20)8-11(13)15/h2,7-8H,1,3-6H2,(H,16,18). The quantitative estimate of drug-likeness (QED) is 0.301. The molecule has 1 amide bonds. The first-order chi connectivity index (χ1) is 9.95. The zero-order valence-electron chi connectivity index (χ0n) is 11.1. The Morgan fingerprint density at radius 3 is 2.52 bits per heavy atom. The Labute approximate surface area is 139 Å². The first-order valence-electron chi connectivity index (χ1n) is 6.12. The van der Waals surface area contributed by atoms with E-state index >= 15 is 0 Å². The molecule has 6 nitrogen and oxygen atoms in total. The molecule has 1 aromatic carbocycles. The minimum Gasteiger partial charge on any atom is -0.491 e. The molecule has 1 rings (SSSR count). The Kier molecular flexibility index (Phi) is 7.38. The molecule has 21 heavy (non-hydrogen) atoms. The summed E-state index contributed by atoms with van der Waals surface area (Å²) in [5.74, 6) is 0.326. The molecule has 0 radical (unpaired) electrons. The van der Waals surface area contributed by atoms with Crippen molar-refractivity contribution in [3.05, 3.63) is 43.8 Å². The molecule has 0 aliphatic heterocycles. The SMILES string of the molecule is C=CC(=O)NCCCCOc1c(Br)cc([N+](=O)[O-])cc1Br. The molecule has 0 heterocycles. The highest BCUT2D eigenvalue weighted by molar-refractivity contribution is 9.11. The van der Waals surface area contributed by atoms with E-state index in [1.54, 1.807) is 0 Å². The summed E-state index contributed by atoms with van der Waals surface area (Å²) in [6.07, 6.45) is 2.73. The van der Waals surface area contributed by atoms with Crippen molar-refractivity contribution in [2.45, 2.75) is 12.8 Å². The molecular weight excluding hydrogens is 408 g/mol. The van der Waals surface area contributed by atoms with Crippen LogP contribution >= 0.6 is 31.9 Å². The second-order valence-corrected chi connectivity index (χ2v) is 5.76. The lowest BCUT2D eigenvalue weighted by Gasteiger charge is -2.10. The van der Waals surface area contributed by atoms with E-state index in [4.69, 9.17) is 4.74 Å². The third-order valence-electron chi connectivity index (χ3n) is 2.50. The number of hydrogen-bond acceptors (Lipinski definition) is 4. The number of non-ortho nitro benzene ring substituents is 1. The van der Waals surface area contributed by atoms with Crippen molar-refractivity contribution in [3.63, 3.8) is 0 Å². The van der Waals surface area contributed by atoms with Gasteiger partial charge in [0.25, 0.3) is 5.69 Å². The molecule has 0 aliphatic carbocycles. The van der Waals surface area contributed by atoms with Crippen LogP contribution in [0.4, 0.5) is 5.69 Å². The Morgan fingerprint density at radius 2 is 2.00 bits per heavy atom. The first-order valence-corrected chi connectivity index (χ1v) is 7.70. The van der Waals surface area contributed by atoms with Crippen LogP contribution in [0.25, 0.3) is 0 Å². The molecule has 0 bridgehead atoms. The zero-order valence-corrected chi connectivity index (χ0v) is 14.3. The molecule has 114 valence electrons.